The van der Waals surface area contributed by atoms with Gasteiger partial charge in [0.05, 0.1) is 18.4 Å². The highest BCUT2D eigenvalue weighted by molar-refractivity contribution is 5.96. The van der Waals surface area contributed by atoms with Crippen LogP contribution in [0.25, 0.3) is 11.3 Å². The zero-order valence-corrected chi connectivity index (χ0v) is 13.7. The molecule has 124 valence electrons. The Bertz CT molecular complexity index is 815. The lowest BCUT2D eigenvalue weighted by Crippen LogP contribution is -2.38. The number of carbonyl (C=O) groups excluding carboxylic acids is 1. The molecule has 6 heteroatoms. The highest BCUT2D eigenvalue weighted by atomic mass is 16.5. The van der Waals surface area contributed by atoms with Crippen molar-refractivity contribution in [2.75, 3.05) is 25.1 Å². The number of ether oxygens (including phenoxy) is 1. The second kappa shape index (κ2) is 5.78. The van der Waals surface area contributed by atoms with Gasteiger partial charge >= 0.3 is 0 Å². The molecule has 0 bridgehead atoms. The Kier molecular flexibility index (Phi) is 3.59. The number of aromatic nitrogens is 2. The Labute approximate surface area is 140 Å². The third-order valence-corrected chi connectivity index (χ3v) is 4.80. The maximum absolute atomic E-state index is 11.5. The van der Waals surface area contributed by atoms with Gasteiger partial charge in [-0.1, -0.05) is 6.07 Å². The molecule has 1 saturated heterocycles. The summed E-state index contributed by atoms with van der Waals surface area (Å²) in [6.07, 6.45) is 4.29. The number of hydrogen-bond acceptors (Lipinski definition) is 5. The lowest BCUT2D eigenvalue weighted by molar-refractivity contribution is 0.0997. The van der Waals surface area contributed by atoms with E-state index < -0.39 is 5.91 Å². The molecule has 4 rings (SSSR count). The number of hydrogen-bond donors (Lipinski definition) is 1. The first-order chi connectivity index (χ1) is 11.7. The minimum absolute atomic E-state index is 0.384. The first-order valence-electron chi connectivity index (χ1n) is 8.30. The van der Waals surface area contributed by atoms with Crippen LogP contribution in [-0.2, 0) is 12.8 Å². The van der Waals surface area contributed by atoms with E-state index in [0.717, 1.165) is 55.3 Å². The van der Waals surface area contributed by atoms with Gasteiger partial charge in [-0.25, -0.2) is 9.97 Å². The molecule has 0 saturated carbocycles. The average molecular weight is 324 g/mol. The van der Waals surface area contributed by atoms with Crippen LogP contribution in [0.4, 0.5) is 5.95 Å². The molecule has 1 aromatic carbocycles. The summed E-state index contributed by atoms with van der Waals surface area (Å²) in [6.45, 7) is 2.03. The van der Waals surface area contributed by atoms with Gasteiger partial charge in [0.1, 0.15) is 5.75 Å². The summed E-state index contributed by atoms with van der Waals surface area (Å²) in [5.74, 6) is 0.804. The predicted octanol–water partition coefficient (Wildman–Crippen LogP) is 1.95. The van der Waals surface area contributed by atoms with Crippen molar-refractivity contribution in [2.24, 2.45) is 5.73 Å². The number of carbonyl (C=O) groups is 1. The molecule has 0 spiro atoms. The number of benzene rings is 1. The molecule has 0 unspecified atom stereocenters. The van der Waals surface area contributed by atoms with Crippen molar-refractivity contribution < 1.29 is 9.53 Å². The van der Waals surface area contributed by atoms with Crippen molar-refractivity contribution in [3.8, 4) is 17.0 Å². The van der Waals surface area contributed by atoms with Crippen LogP contribution in [0.3, 0.4) is 0 Å². The zero-order chi connectivity index (χ0) is 16.7. The topological polar surface area (TPSA) is 81.3 Å². The Morgan fingerprint density at radius 1 is 1.21 bits per heavy atom. The molecule has 24 heavy (non-hydrogen) atoms. The van der Waals surface area contributed by atoms with Gasteiger partial charge in [0.2, 0.25) is 5.95 Å². The molecule has 0 atom stereocenters. The summed E-state index contributed by atoms with van der Waals surface area (Å²) in [7, 11) is 1.54. The smallest absolute Gasteiger partial charge is 0.252 e. The van der Waals surface area contributed by atoms with E-state index >= 15 is 0 Å². The van der Waals surface area contributed by atoms with E-state index in [1.54, 1.807) is 13.2 Å². The number of nitrogens with zero attached hydrogens (tertiary/aromatic N) is 3. The number of methoxy groups -OCH3 is 1. The molecule has 1 aromatic heterocycles. The van der Waals surface area contributed by atoms with E-state index in [1.165, 1.54) is 12.0 Å². The summed E-state index contributed by atoms with van der Waals surface area (Å²) >= 11 is 0. The van der Waals surface area contributed by atoms with Gasteiger partial charge in [0.25, 0.3) is 5.91 Å². The van der Waals surface area contributed by atoms with E-state index in [0.29, 0.717) is 11.3 Å². The van der Waals surface area contributed by atoms with Crippen LogP contribution in [-0.4, -0.2) is 36.1 Å². The molecule has 1 amide bonds. The Hall–Kier alpha value is -2.63. The van der Waals surface area contributed by atoms with E-state index in [2.05, 4.69) is 4.90 Å². The Morgan fingerprint density at radius 2 is 2.04 bits per heavy atom. The SMILES string of the molecule is COc1cc(-c2nc(N3CCC3)nc3c2CCC3)ccc1C(N)=O. The summed E-state index contributed by atoms with van der Waals surface area (Å²) in [4.78, 5) is 23.3. The molecule has 2 heterocycles. The second-order valence-corrected chi connectivity index (χ2v) is 6.27. The van der Waals surface area contributed by atoms with Gasteiger partial charge in [-0.2, -0.15) is 0 Å². The lowest BCUT2D eigenvalue weighted by Gasteiger charge is -2.31. The predicted molar refractivity (Wildman–Crippen MR) is 91.4 cm³/mol. The highest BCUT2D eigenvalue weighted by Gasteiger charge is 2.25. The fraction of sp³-hybridized carbons (Fsp3) is 0.389. The van der Waals surface area contributed by atoms with E-state index in [-0.39, 0.29) is 0 Å². The van der Waals surface area contributed by atoms with E-state index in [9.17, 15) is 4.79 Å². The van der Waals surface area contributed by atoms with Crippen LogP contribution in [0.1, 0.15) is 34.5 Å². The van der Waals surface area contributed by atoms with Crippen LogP contribution in [0.2, 0.25) is 0 Å². The van der Waals surface area contributed by atoms with Gasteiger partial charge in [-0.05, 0) is 37.8 Å². The van der Waals surface area contributed by atoms with Gasteiger partial charge < -0.3 is 15.4 Å². The van der Waals surface area contributed by atoms with Crippen molar-refractivity contribution in [3.63, 3.8) is 0 Å². The summed E-state index contributed by atoms with van der Waals surface area (Å²) in [6, 6.07) is 5.45. The first kappa shape index (κ1) is 14.9. The summed E-state index contributed by atoms with van der Waals surface area (Å²) < 4.78 is 5.34. The van der Waals surface area contributed by atoms with Crippen molar-refractivity contribution >= 4 is 11.9 Å². The third-order valence-electron chi connectivity index (χ3n) is 4.80. The van der Waals surface area contributed by atoms with Crippen LogP contribution >= 0.6 is 0 Å². The summed E-state index contributed by atoms with van der Waals surface area (Å²) in [5.41, 5.74) is 10.1. The average Bonchev–Trinajstić information content (AvgIpc) is 3.00. The maximum Gasteiger partial charge on any atom is 0.252 e. The molecule has 0 radical (unpaired) electrons. The normalized spacial score (nSPS) is 15.8. The zero-order valence-electron chi connectivity index (χ0n) is 13.7. The number of anilines is 1. The minimum atomic E-state index is -0.493. The standard InChI is InChI=1S/C18H20N4O2/c1-24-15-10-11(6-7-13(15)17(19)23)16-12-4-2-5-14(12)20-18(21-16)22-8-3-9-22/h6-7,10H,2-5,8-9H2,1H3,(H2,19,23). The van der Waals surface area contributed by atoms with Crippen LogP contribution < -0.4 is 15.4 Å². The van der Waals surface area contributed by atoms with Crippen molar-refractivity contribution in [2.45, 2.75) is 25.7 Å². The molecule has 2 aliphatic rings. The fourth-order valence-corrected chi connectivity index (χ4v) is 3.36. The molecule has 2 N–H and O–H groups in total. The number of nitrogens with two attached hydrogens (primary N) is 1. The van der Waals surface area contributed by atoms with E-state index in [1.807, 2.05) is 12.1 Å². The van der Waals surface area contributed by atoms with Crippen LogP contribution in [0.5, 0.6) is 5.75 Å². The van der Waals surface area contributed by atoms with Crippen LogP contribution in [0.15, 0.2) is 18.2 Å². The third kappa shape index (κ3) is 2.38. The Morgan fingerprint density at radius 3 is 2.71 bits per heavy atom. The fourth-order valence-electron chi connectivity index (χ4n) is 3.36. The molecule has 2 aromatic rings. The van der Waals surface area contributed by atoms with Gasteiger partial charge in [-0.3, -0.25) is 4.79 Å². The molecule has 1 fully saturated rings. The van der Waals surface area contributed by atoms with E-state index in [4.69, 9.17) is 20.4 Å². The van der Waals surface area contributed by atoms with Crippen LogP contribution in [0, 0.1) is 0 Å². The van der Waals surface area contributed by atoms with Gasteiger partial charge in [0, 0.05) is 29.9 Å². The quantitative estimate of drug-likeness (QED) is 0.929. The number of fused-ring (bicyclic) bond motifs is 1. The van der Waals surface area contributed by atoms with Gasteiger partial charge in [-0.15, -0.1) is 0 Å². The molecule has 1 aliphatic heterocycles. The number of aryl methyl sites for hydroxylation is 1. The first-order valence-corrected chi connectivity index (χ1v) is 8.30. The lowest BCUT2D eigenvalue weighted by atomic mass is 10.0. The van der Waals surface area contributed by atoms with Crippen molar-refractivity contribution in [1.82, 2.24) is 9.97 Å². The largest absolute Gasteiger partial charge is 0.496 e. The monoisotopic (exact) mass is 324 g/mol. The molecule has 1 aliphatic carbocycles. The number of primary amides is 1. The van der Waals surface area contributed by atoms with Crippen molar-refractivity contribution in [1.29, 1.82) is 0 Å². The van der Waals surface area contributed by atoms with Crippen molar-refractivity contribution in [3.05, 3.63) is 35.0 Å². The maximum atomic E-state index is 11.5. The summed E-state index contributed by atoms with van der Waals surface area (Å²) in [5, 5.41) is 0. The van der Waals surface area contributed by atoms with Gasteiger partial charge in [0.15, 0.2) is 0 Å². The Balaban J connectivity index is 1.83. The molecular formula is C18H20N4O2. The number of amides is 1. The molecular weight excluding hydrogens is 304 g/mol. The second-order valence-electron chi connectivity index (χ2n) is 6.27. The number of rotatable bonds is 4. The minimum Gasteiger partial charge on any atom is -0.496 e. The highest BCUT2D eigenvalue weighted by Crippen LogP contribution is 2.34. The molecule has 6 nitrogen and oxygen atoms in total.